The zero-order valence-electron chi connectivity index (χ0n) is 11.0. The lowest BCUT2D eigenvalue weighted by Crippen LogP contribution is -2.12. The Balaban J connectivity index is 3.28. The van der Waals surface area contributed by atoms with E-state index < -0.39 is 10.9 Å². The lowest BCUT2D eigenvalue weighted by Gasteiger charge is -2.01. The summed E-state index contributed by atoms with van der Waals surface area (Å²) in [5, 5.41) is 15.1. The first-order chi connectivity index (χ1) is 8.38. The van der Waals surface area contributed by atoms with E-state index in [9.17, 15) is 14.9 Å². The van der Waals surface area contributed by atoms with Crippen LogP contribution in [0.4, 0.5) is 5.69 Å². The highest BCUT2D eigenvalue weighted by atomic mass is 16.6. The van der Waals surface area contributed by atoms with Crippen LogP contribution in [0.25, 0.3) is 0 Å². The van der Waals surface area contributed by atoms with Crippen LogP contribution in [0.3, 0.4) is 0 Å². The summed E-state index contributed by atoms with van der Waals surface area (Å²) in [7, 11) is 1.50. The third kappa shape index (κ3) is 2.85. The molecule has 0 aliphatic carbocycles. The summed E-state index contributed by atoms with van der Waals surface area (Å²) >= 11 is 0. The zero-order chi connectivity index (χ0) is 13.9. The molecule has 0 spiro atoms. The van der Waals surface area contributed by atoms with Gasteiger partial charge in [-0.25, -0.2) is 4.79 Å². The van der Waals surface area contributed by atoms with Gasteiger partial charge in [0.15, 0.2) is 0 Å². The molecule has 1 rings (SSSR count). The van der Waals surface area contributed by atoms with Crippen LogP contribution < -0.4 is 0 Å². The van der Waals surface area contributed by atoms with E-state index in [2.05, 4.69) is 5.10 Å². The largest absolute Gasteiger partial charge is 0.461 e. The fourth-order valence-electron chi connectivity index (χ4n) is 1.71. The lowest BCUT2D eigenvalue weighted by molar-refractivity contribution is -0.386. The fourth-order valence-corrected chi connectivity index (χ4v) is 1.71. The molecule has 0 aliphatic heterocycles. The van der Waals surface area contributed by atoms with Crippen LogP contribution in [0, 0.1) is 16.0 Å². The molecule has 7 heteroatoms. The molecule has 0 aromatic carbocycles. The Labute approximate surface area is 105 Å². The van der Waals surface area contributed by atoms with Crippen molar-refractivity contribution in [3.63, 3.8) is 0 Å². The zero-order valence-corrected chi connectivity index (χ0v) is 11.0. The Morgan fingerprint density at radius 3 is 2.61 bits per heavy atom. The predicted octanol–water partition coefficient (Wildman–Crippen LogP) is 1.70. The van der Waals surface area contributed by atoms with E-state index in [0.29, 0.717) is 12.1 Å². The van der Waals surface area contributed by atoms with Gasteiger partial charge in [0.1, 0.15) is 5.69 Å². The van der Waals surface area contributed by atoms with Crippen LogP contribution >= 0.6 is 0 Å². The molecular formula is C11H17N3O4. The molecular weight excluding hydrogens is 238 g/mol. The predicted molar refractivity (Wildman–Crippen MR) is 64.4 cm³/mol. The number of ether oxygens (including phenoxy) is 1. The Bertz CT molecular complexity index is 465. The maximum absolute atomic E-state index is 11.7. The molecule has 0 amide bonds. The van der Waals surface area contributed by atoms with Crippen molar-refractivity contribution >= 4 is 11.7 Å². The first kappa shape index (κ1) is 14.1. The van der Waals surface area contributed by atoms with Crippen LogP contribution in [0.1, 0.15) is 37.0 Å². The summed E-state index contributed by atoms with van der Waals surface area (Å²) in [6.45, 7) is 5.68. The molecule has 0 fully saturated rings. The Kier molecular flexibility index (Phi) is 4.41. The van der Waals surface area contributed by atoms with Crippen LogP contribution in [-0.2, 0) is 18.2 Å². The first-order valence-corrected chi connectivity index (χ1v) is 5.75. The molecule has 7 nitrogen and oxygen atoms in total. The minimum atomic E-state index is -0.714. The number of carbonyl (C=O) groups is 1. The molecule has 0 bridgehead atoms. The molecule has 18 heavy (non-hydrogen) atoms. The van der Waals surface area contributed by atoms with E-state index in [0.717, 1.165) is 0 Å². The van der Waals surface area contributed by atoms with Gasteiger partial charge in [-0.05, 0) is 12.8 Å². The molecule has 0 N–H and O–H groups in total. The molecule has 100 valence electrons. The molecule has 0 saturated heterocycles. The third-order valence-electron chi connectivity index (χ3n) is 2.34. The topological polar surface area (TPSA) is 87.3 Å². The van der Waals surface area contributed by atoms with Crippen molar-refractivity contribution < 1.29 is 14.5 Å². The molecule has 1 aromatic rings. The average Bonchev–Trinajstić information content (AvgIpc) is 2.54. The van der Waals surface area contributed by atoms with E-state index in [-0.39, 0.29) is 23.9 Å². The number of rotatable bonds is 5. The van der Waals surface area contributed by atoms with Crippen molar-refractivity contribution in [1.82, 2.24) is 9.78 Å². The van der Waals surface area contributed by atoms with Crippen molar-refractivity contribution in [2.45, 2.75) is 27.2 Å². The van der Waals surface area contributed by atoms with Gasteiger partial charge < -0.3 is 4.74 Å². The van der Waals surface area contributed by atoms with Crippen LogP contribution in [-0.4, -0.2) is 27.3 Å². The maximum Gasteiger partial charge on any atom is 0.363 e. The Hall–Kier alpha value is -1.92. The van der Waals surface area contributed by atoms with Crippen LogP contribution in [0.2, 0.25) is 0 Å². The highest BCUT2D eigenvalue weighted by molar-refractivity contribution is 5.92. The summed E-state index contributed by atoms with van der Waals surface area (Å²) < 4.78 is 6.03. The molecule has 0 aliphatic rings. The van der Waals surface area contributed by atoms with E-state index in [1.807, 2.05) is 13.8 Å². The Morgan fingerprint density at radius 1 is 1.56 bits per heavy atom. The van der Waals surface area contributed by atoms with E-state index in [4.69, 9.17) is 4.74 Å². The van der Waals surface area contributed by atoms with Gasteiger partial charge in [0.25, 0.3) is 0 Å². The quantitative estimate of drug-likeness (QED) is 0.454. The molecule has 0 atom stereocenters. The minimum absolute atomic E-state index is 0.0995. The maximum atomic E-state index is 11.7. The van der Waals surface area contributed by atoms with Gasteiger partial charge in [0, 0.05) is 13.5 Å². The van der Waals surface area contributed by atoms with Crippen molar-refractivity contribution in [3.05, 3.63) is 21.5 Å². The van der Waals surface area contributed by atoms with Crippen molar-refractivity contribution in [2.75, 3.05) is 6.61 Å². The van der Waals surface area contributed by atoms with Crippen LogP contribution in [0.15, 0.2) is 0 Å². The lowest BCUT2D eigenvalue weighted by atomic mass is 10.1. The number of carbonyl (C=O) groups excluding carboxylic acids is 1. The molecule has 1 aromatic heterocycles. The summed E-state index contributed by atoms with van der Waals surface area (Å²) in [4.78, 5) is 22.2. The fraction of sp³-hybridized carbons (Fsp3) is 0.636. The summed E-state index contributed by atoms with van der Waals surface area (Å²) in [5.74, 6) is -0.497. The second-order valence-corrected chi connectivity index (χ2v) is 4.34. The standard InChI is InChI=1S/C11H17N3O4/c1-5-18-11(15)10-9(14(16)17)8(6-7(2)3)12-13(10)4/h7H,5-6H2,1-4H3. The van der Waals surface area contributed by atoms with E-state index in [1.165, 1.54) is 11.7 Å². The monoisotopic (exact) mass is 255 g/mol. The summed E-state index contributed by atoms with van der Waals surface area (Å²) in [5.41, 5.74) is -0.0253. The van der Waals surface area contributed by atoms with Crippen molar-refractivity contribution in [3.8, 4) is 0 Å². The van der Waals surface area contributed by atoms with Gasteiger partial charge in [-0.3, -0.25) is 14.8 Å². The van der Waals surface area contributed by atoms with Gasteiger partial charge in [-0.2, -0.15) is 5.10 Å². The smallest absolute Gasteiger partial charge is 0.363 e. The molecule has 0 radical (unpaired) electrons. The Morgan fingerprint density at radius 2 is 2.17 bits per heavy atom. The number of nitrogens with zero attached hydrogens (tertiary/aromatic N) is 3. The molecule has 0 unspecified atom stereocenters. The van der Waals surface area contributed by atoms with Gasteiger partial charge in [-0.1, -0.05) is 13.8 Å². The number of aryl methyl sites for hydroxylation is 1. The number of hydrogen-bond acceptors (Lipinski definition) is 5. The number of nitro groups is 1. The third-order valence-corrected chi connectivity index (χ3v) is 2.34. The van der Waals surface area contributed by atoms with Crippen molar-refractivity contribution in [2.24, 2.45) is 13.0 Å². The second kappa shape index (κ2) is 5.61. The number of hydrogen-bond donors (Lipinski definition) is 0. The van der Waals surface area contributed by atoms with Gasteiger partial charge in [0.05, 0.1) is 11.5 Å². The molecule has 1 heterocycles. The van der Waals surface area contributed by atoms with Gasteiger partial charge in [0.2, 0.25) is 5.69 Å². The van der Waals surface area contributed by atoms with Gasteiger partial charge in [-0.15, -0.1) is 0 Å². The van der Waals surface area contributed by atoms with Gasteiger partial charge >= 0.3 is 11.7 Å². The minimum Gasteiger partial charge on any atom is -0.461 e. The highest BCUT2D eigenvalue weighted by Gasteiger charge is 2.32. The van der Waals surface area contributed by atoms with E-state index in [1.54, 1.807) is 6.92 Å². The van der Waals surface area contributed by atoms with E-state index >= 15 is 0 Å². The summed E-state index contributed by atoms with van der Waals surface area (Å²) in [6, 6.07) is 0. The first-order valence-electron chi connectivity index (χ1n) is 5.75. The van der Waals surface area contributed by atoms with Crippen LogP contribution in [0.5, 0.6) is 0 Å². The second-order valence-electron chi connectivity index (χ2n) is 4.34. The normalized spacial score (nSPS) is 10.7. The van der Waals surface area contributed by atoms with Crippen molar-refractivity contribution in [1.29, 1.82) is 0 Å². The highest BCUT2D eigenvalue weighted by Crippen LogP contribution is 2.25. The SMILES string of the molecule is CCOC(=O)c1c([N+](=O)[O-])c(CC(C)C)nn1C. The number of aromatic nitrogens is 2. The summed E-state index contributed by atoms with van der Waals surface area (Å²) in [6.07, 6.45) is 0.448. The molecule has 0 saturated carbocycles. The number of esters is 1. The average molecular weight is 255 g/mol.